The average molecular weight is 237 g/mol. The van der Waals surface area contributed by atoms with Crippen LogP contribution in [0.4, 0.5) is 0 Å². The van der Waals surface area contributed by atoms with E-state index in [1.807, 2.05) is 0 Å². The number of nitrogens with one attached hydrogen (secondary N) is 1. The lowest BCUT2D eigenvalue weighted by Crippen LogP contribution is -2.19. The normalized spacial score (nSPS) is 11.8. The van der Waals surface area contributed by atoms with Gasteiger partial charge in [-0.15, -0.1) is 0 Å². The van der Waals surface area contributed by atoms with Gasteiger partial charge in [0.15, 0.2) is 0 Å². The van der Waals surface area contributed by atoms with Gasteiger partial charge >= 0.3 is 0 Å². The molecule has 3 nitrogen and oxygen atoms in total. The standard InChI is InChI=1S/C14H27N3/c1-10(2)7-15-8-14-12(5)16-17(13(14)6)9-11(3)4/h10-11,15H,7-9H2,1-6H3. The molecule has 3 heteroatoms. The zero-order chi connectivity index (χ0) is 13.0. The topological polar surface area (TPSA) is 29.9 Å². The molecular formula is C14H27N3. The summed E-state index contributed by atoms with van der Waals surface area (Å²) in [7, 11) is 0. The molecule has 17 heavy (non-hydrogen) atoms. The highest BCUT2D eigenvalue weighted by Gasteiger charge is 2.11. The average Bonchev–Trinajstić information content (AvgIpc) is 2.44. The third-order valence-electron chi connectivity index (χ3n) is 2.92. The molecule has 0 fully saturated rings. The summed E-state index contributed by atoms with van der Waals surface area (Å²) >= 11 is 0. The monoisotopic (exact) mass is 237 g/mol. The molecular weight excluding hydrogens is 210 g/mol. The molecule has 0 saturated heterocycles. The maximum absolute atomic E-state index is 4.62. The Bertz CT molecular complexity index is 351. The van der Waals surface area contributed by atoms with E-state index >= 15 is 0 Å². The van der Waals surface area contributed by atoms with Gasteiger partial charge in [0.05, 0.1) is 5.69 Å². The lowest BCUT2D eigenvalue weighted by Gasteiger charge is -2.09. The smallest absolute Gasteiger partial charge is 0.0641 e. The first-order valence-corrected chi connectivity index (χ1v) is 6.65. The quantitative estimate of drug-likeness (QED) is 0.824. The Labute approximate surface area is 106 Å². The van der Waals surface area contributed by atoms with Crippen LogP contribution in [0, 0.1) is 25.7 Å². The minimum absolute atomic E-state index is 0.643. The van der Waals surface area contributed by atoms with Gasteiger partial charge in [-0.25, -0.2) is 0 Å². The molecule has 0 aliphatic carbocycles. The highest BCUT2D eigenvalue weighted by Crippen LogP contribution is 2.14. The number of aromatic nitrogens is 2. The van der Waals surface area contributed by atoms with Crippen LogP contribution in [0.2, 0.25) is 0 Å². The van der Waals surface area contributed by atoms with E-state index in [-0.39, 0.29) is 0 Å². The highest BCUT2D eigenvalue weighted by molar-refractivity contribution is 5.24. The van der Waals surface area contributed by atoms with E-state index in [1.54, 1.807) is 0 Å². The van der Waals surface area contributed by atoms with E-state index < -0.39 is 0 Å². The van der Waals surface area contributed by atoms with Gasteiger partial charge in [-0.05, 0) is 32.2 Å². The Morgan fingerprint density at radius 3 is 2.29 bits per heavy atom. The predicted octanol–water partition coefficient (Wildman–Crippen LogP) is 2.90. The molecule has 1 aromatic heterocycles. The lowest BCUT2D eigenvalue weighted by atomic mass is 10.1. The van der Waals surface area contributed by atoms with Crippen molar-refractivity contribution in [1.82, 2.24) is 15.1 Å². The summed E-state index contributed by atoms with van der Waals surface area (Å²) < 4.78 is 2.15. The predicted molar refractivity (Wildman–Crippen MR) is 73.1 cm³/mol. The number of hydrogen-bond donors (Lipinski definition) is 1. The Hall–Kier alpha value is -0.830. The molecule has 0 radical (unpaired) electrons. The molecule has 0 aromatic carbocycles. The van der Waals surface area contributed by atoms with E-state index in [1.165, 1.54) is 17.0 Å². The third-order valence-corrected chi connectivity index (χ3v) is 2.92. The number of nitrogens with zero attached hydrogens (tertiary/aromatic N) is 2. The van der Waals surface area contributed by atoms with Crippen LogP contribution in [0.1, 0.15) is 44.6 Å². The Balaban J connectivity index is 2.68. The molecule has 0 bridgehead atoms. The molecule has 0 aliphatic rings. The van der Waals surface area contributed by atoms with E-state index in [4.69, 9.17) is 0 Å². The van der Waals surface area contributed by atoms with Gasteiger partial charge in [-0.1, -0.05) is 27.7 Å². The summed E-state index contributed by atoms with van der Waals surface area (Å²) in [6.07, 6.45) is 0. The Morgan fingerprint density at radius 1 is 1.12 bits per heavy atom. The van der Waals surface area contributed by atoms with Gasteiger partial charge in [0.2, 0.25) is 0 Å². The van der Waals surface area contributed by atoms with Gasteiger partial charge in [0.25, 0.3) is 0 Å². The minimum atomic E-state index is 0.643. The molecule has 0 unspecified atom stereocenters. The molecule has 0 saturated carbocycles. The van der Waals surface area contributed by atoms with Crippen LogP contribution in [0.3, 0.4) is 0 Å². The van der Waals surface area contributed by atoms with Crippen molar-refractivity contribution in [1.29, 1.82) is 0 Å². The summed E-state index contributed by atoms with van der Waals surface area (Å²) in [5.74, 6) is 1.34. The summed E-state index contributed by atoms with van der Waals surface area (Å²) in [4.78, 5) is 0. The molecule has 98 valence electrons. The van der Waals surface area contributed by atoms with Crippen LogP contribution in [-0.2, 0) is 13.1 Å². The first-order chi connectivity index (χ1) is 7.91. The zero-order valence-corrected chi connectivity index (χ0v) is 12.2. The zero-order valence-electron chi connectivity index (χ0n) is 12.2. The van der Waals surface area contributed by atoms with Crippen LogP contribution in [0.25, 0.3) is 0 Å². The molecule has 1 heterocycles. The Morgan fingerprint density at radius 2 is 1.76 bits per heavy atom. The number of rotatable bonds is 6. The molecule has 0 amide bonds. The van der Waals surface area contributed by atoms with Crippen molar-refractivity contribution in [2.45, 2.75) is 54.6 Å². The summed E-state index contributed by atoms with van der Waals surface area (Å²) in [6, 6.07) is 0. The van der Waals surface area contributed by atoms with Crippen LogP contribution < -0.4 is 5.32 Å². The maximum Gasteiger partial charge on any atom is 0.0641 e. The fourth-order valence-corrected chi connectivity index (χ4v) is 2.00. The second-order valence-corrected chi connectivity index (χ2v) is 5.75. The molecule has 0 spiro atoms. The molecule has 0 aliphatic heterocycles. The SMILES string of the molecule is Cc1nn(CC(C)C)c(C)c1CNCC(C)C. The van der Waals surface area contributed by atoms with E-state index in [9.17, 15) is 0 Å². The van der Waals surface area contributed by atoms with Crippen molar-refractivity contribution in [2.24, 2.45) is 11.8 Å². The maximum atomic E-state index is 4.62. The van der Waals surface area contributed by atoms with E-state index in [2.05, 4.69) is 56.6 Å². The molecule has 1 rings (SSSR count). The second kappa shape index (κ2) is 6.20. The van der Waals surface area contributed by atoms with Crippen molar-refractivity contribution in [2.75, 3.05) is 6.54 Å². The molecule has 0 atom stereocenters. The van der Waals surface area contributed by atoms with Gasteiger partial charge in [-0.3, -0.25) is 4.68 Å². The Kier molecular flexibility index (Phi) is 5.19. The van der Waals surface area contributed by atoms with Gasteiger partial charge < -0.3 is 5.32 Å². The van der Waals surface area contributed by atoms with Crippen LogP contribution in [-0.4, -0.2) is 16.3 Å². The van der Waals surface area contributed by atoms with E-state index in [0.29, 0.717) is 11.8 Å². The van der Waals surface area contributed by atoms with Crippen LogP contribution >= 0.6 is 0 Å². The lowest BCUT2D eigenvalue weighted by molar-refractivity contribution is 0.472. The summed E-state index contributed by atoms with van der Waals surface area (Å²) in [6.45, 7) is 16.2. The fourth-order valence-electron chi connectivity index (χ4n) is 2.00. The highest BCUT2D eigenvalue weighted by atomic mass is 15.3. The molecule has 1 aromatic rings. The van der Waals surface area contributed by atoms with Crippen molar-refractivity contribution in [3.05, 3.63) is 17.0 Å². The van der Waals surface area contributed by atoms with Crippen molar-refractivity contribution in [3.8, 4) is 0 Å². The van der Waals surface area contributed by atoms with Gasteiger partial charge in [0, 0.05) is 24.3 Å². The van der Waals surface area contributed by atoms with Gasteiger partial charge in [0.1, 0.15) is 0 Å². The third kappa shape index (κ3) is 4.15. The van der Waals surface area contributed by atoms with Crippen LogP contribution in [0.5, 0.6) is 0 Å². The molecule has 1 N–H and O–H groups in total. The van der Waals surface area contributed by atoms with Gasteiger partial charge in [-0.2, -0.15) is 5.10 Å². The number of hydrogen-bond acceptors (Lipinski definition) is 2. The fraction of sp³-hybridized carbons (Fsp3) is 0.786. The first-order valence-electron chi connectivity index (χ1n) is 6.65. The number of aryl methyl sites for hydroxylation is 1. The van der Waals surface area contributed by atoms with Crippen LogP contribution in [0.15, 0.2) is 0 Å². The van der Waals surface area contributed by atoms with Crippen molar-refractivity contribution < 1.29 is 0 Å². The second-order valence-electron chi connectivity index (χ2n) is 5.75. The first kappa shape index (κ1) is 14.2. The minimum Gasteiger partial charge on any atom is -0.312 e. The van der Waals surface area contributed by atoms with E-state index in [0.717, 1.165) is 19.6 Å². The van der Waals surface area contributed by atoms with Crippen molar-refractivity contribution >= 4 is 0 Å². The van der Waals surface area contributed by atoms with Crippen molar-refractivity contribution in [3.63, 3.8) is 0 Å². The largest absolute Gasteiger partial charge is 0.312 e. The summed E-state index contributed by atoms with van der Waals surface area (Å²) in [5, 5.41) is 8.12. The summed E-state index contributed by atoms with van der Waals surface area (Å²) in [5.41, 5.74) is 3.85.